The van der Waals surface area contributed by atoms with E-state index >= 15 is 0 Å². The van der Waals surface area contributed by atoms with Crippen molar-refractivity contribution in [2.45, 2.75) is 25.7 Å². The van der Waals surface area contributed by atoms with Crippen LogP contribution in [0.2, 0.25) is 5.02 Å². The van der Waals surface area contributed by atoms with E-state index in [9.17, 15) is 0 Å². The first-order valence-corrected chi connectivity index (χ1v) is 8.90. The highest BCUT2D eigenvalue weighted by Crippen LogP contribution is 2.24. The minimum absolute atomic E-state index is 0.766. The molecule has 0 unspecified atom stereocenters. The molecule has 1 heterocycles. The molecule has 0 radical (unpaired) electrons. The zero-order chi connectivity index (χ0) is 15.9. The lowest BCUT2D eigenvalue weighted by molar-refractivity contribution is 0.205. The molecule has 1 aliphatic heterocycles. The van der Waals surface area contributed by atoms with E-state index in [1.54, 1.807) is 0 Å². The van der Waals surface area contributed by atoms with Crippen molar-refractivity contribution in [1.29, 1.82) is 0 Å². The largest absolute Gasteiger partial charge is 0.494 e. The summed E-state index contributed by atoms with van der Waals surface area (Å²) in [7, 11) is 0. The average Bonchev–Trinajstić information content (AvgIpc) is 2.61. The molecule has 2 aromatic rings. The number of rotatable bonds is 6. The standard InChI is InChI=1S/C20H24ClNO/c21-19-9-5-17(6-10-19)18-7-11-20(12-8-18)23-16-4-15-22-13-2-1-3-14-22/h5-12H,1-4,13-16H2. The van der Waals surface area contributed by atoms with Gasteiger partial charge in [-0.15, -0.1) is 0 Å². The number of piperidine rings is 1. The minimum atomic E-state index is 0.766. The van der Waals surface area contributed by atoms with Crippen LogP contribution in [0.1, 0.15) is 25.7 Å². The number of hydrogen-bond acceptors (Lipinski definition) is 2. The van der Waals surface area contributed by atoms with Gasteiger partial charge in [0.05, 0.1) is 6.61 Å². The molecule has 0 aliphatic carbocycles. The molecular weight excluding hydrogens is 306 g/mol. The summed E-state index contributed by atoms with van der Waals surface area (Å²) in [5, 5.41) is 0.766. The second-order valence-corrected chi connectivity index (χ2v) is 6.57. The highest BCUT2D eigenvalue weighted by molar-refractivity contribution is 6.30. The van der Waals surface area contributed by atoms with E-state index in [0.29, 0.717) is 0 Å². The van der Waals surface area contributed by atoms with Gasteiger partial charge in [-0.2, -0.15) is 0 Å². The van der Waals surface area contributed by atoms with Crippen molar-refractivity contribution < 1.29 is 4.74 Å². The van der Waals surface area contributed by atoms with Crippen molar-refractivity contribution in [3.63, 3.8) is 0 Å². The molecule has 2 aromatic carbocycles. The first-order chi connectivity index (χ1) is 11.3. The number of likely N-dealkylation sites (tertiary alicyclic amines) is 1. The molecule has 23 heavy (non-hydrogen) atoms. The Labute approximate surface area is 144 Å². The number of nitrogens with zero attached hydrogens (tertiary/aromatic N) is 1. The Kier molecular flexibility index (Phi) is 5.95. The topological polar surface area (TPSA) is 12.5 Å². The number of hydrogen-bond donors (Lipinski definition) is 0. The fourth-order valence-corrected chi connectivity index (χ4v) is 3.17. The van der Waals surface area contributed by atoms with Crippen LogP contribution in [0.4, 0.5) is 0 Å². The molecule has 0 amide bonds. The molecule has 0 saturated carbocycles. The van der Waals surface area contributed by atoms with Gasteiger partial charge in [0.1, 0.15) is 5.75 Å². The third-order valence-electron chi connectivity index (χ3n) is 4.37. The number of benzene rings is 2. The molecule has 3 rings (SSSR count). The molecule has 1 aliphatic rings. The molecule has 1 fully saturated rings. The summed E-state index contributed by atoms with van der Waals surface area (Å²) in [6.07, 6.45) is 5.20. The summed E-state index contributed by atoms with van der Waals surface area (Å²) in [4.78, 5) is 2.55. The highest BCUT2D eigenvalue weighted by atomic mass is 35.5. The molecule has 2 nitrogen and oxygen atoms in total. The van der Waals surface area contributed by atoms with E-state index < -0.39 is 0 Å². The Morgan fingerprint density at radius 1 is 0.826 bits per heavy atom. The molecule has 122 valence electrons. The third kappa shape index (κ3) is 4.98. The maximum Gasteiger partial charge on any atom is 0.119 e. The molecule has 3 heteroatoms. The van der Waals surface area contributed by atoms with E-state index in [0.717, 1.165) is 30.3 Å². The van der Waals surface area contributed by atoms with Gasteiger partial charge in [-0.1, -0.05) is 42.3 Å². The van der Waals surface area contributed by atoms with Gasteiger partial charge in [0.2, 0.25) is 0 Å². The van der Waals surface area contributed by atoms with Crippen LogP contribution in [0.25, 0.3) is 11.1 Å². The van der Waals surface area contributed by atoms with Crippen LogP contribution in [0, 0.1) is 0 Å². The summed E-state index contributed by atoms with van der Waals surface area (Å²) in [6.45, 7) is 4.46. The normalized spacial score (nSPS) is 15.5. The van der Waals surface area contributed by atoms with E-state index in [1.165, 1.54) is 43.5 Å². The van der Waals surface area contributed by atoms with Gasteiger partial charge in [0.25, 0.3) is 0 Å². The Morgan fingerprint density at radius 2 is 1.43 bits per heavy atom. The molecule has 1 saturated heterocycles. The number of halogens is 1. The quantitative estimate of drug-likeness (QED) is 0.670. The summed E-state index contributed by atoms with van der Waals surface area (Å²) < 4.78 is 5.86. The second kappa shape index (κ2) is 8.37. The zero-order valence-corrected chi connectivity index (χ0v) is 14.3. The summed E-state index contributed by atoms with van der Waals surface area (Å²) in [6, 6.07) is 16.2. The van der Waals surface area contributed by atoms with E-state index in [-0.39, 0.29) is 0 Å². The van der Waals surface area contributed by atoms with Crippen molar-refractivity contribution in [2.75, 3.05) is 26.2 Å². The lowest BCUT2D eigenvalue weighted by Crippen LogP contribution is -2.31. The van der Waals surface area contributed by atoms with Crippen molar-refractivity contribution in [3.05, 3.63) is 53.6 Å². The van der Waals surface area contributed by atoms with Gasteiger partial charge in [0.15, 0.2) is 0 Å². The monoisotopic (exact) mass is 329 g/mol. The van der Waals surface area contributed by atoms with E-state index in [4.69, 9.17) is 16.3 Å². The fourth-order valence-electron chi connectivity index (χ4n) is 3.05. The van der Waals surface area contributed by atoms with Crippen molar-refractivity contribution in [2.24, 2.45) is 0 Å². The first kappa shape index (κ1) is 16.4. The predicted molar refractivity (Wildman–Crippen MR) is 97.3 cm³/mol. The maximum atomic E-state index is 5.93. The summed E-state index contributed by atoms with van der Waals surface area (Å²) in [5.41, 5.74) is 2.35. The zero-order valence-electron chi connectivity index (χ0n) is 13.5. The molecule has 0 spiro atoms. The van der Waals surface area contributed by atoms with Crippen LogP contribution >= 0.6 is 11.6 Å². The summed E-state index contributed by atoms with van der Waals surface area (Å²) in [5.74, 6) is 0.946. The number of ether oxygens (including phenoxy) is 1. The van der Waals surface area contributed by atoms with Gasteiger partial charge in [-0.25, -0.2) is 0 Å². The third-order valence-corrected chi connectivity index (χ3v) is 4.62. The second-order valence-electron chi connectivity index (χ2n) is 6.14. The van der Waals surface area contributed by atoms with Crippen LogP contribution in [0.15, 0.2) is 48.5 Å². The maximum absolute atomic E-state index is 5.93. The van der Waals surface area contributed by atoms with Crippen molar-refractivity contribution in [1.82, 2.24) is 4.90 Å². The fraction of sp³-hybridized carbons (Fsp3) is 0.400. The molecule has 0 N–H and O–H groups in total. The van der Waals surface area contributed by atoms with Crippen LogP contribution < -0.4 is 4.74 Å². The van der Waals surface area contributed by atoms with Gasteiger partial charge in [-0.05, 0) is 67.7 Å². The minimum Gasteiger partial charge on any atom is -0.494 e. The molecule has 0 aromatic heterocycles. The summed E-state index contributed by atoms with van der Waals surface area (Å²) >= 11 is 5.93. The van der Waals surface area contributed by atoms with E-state index in [2.05, 4.69) is 17.0 Å². The molecule has 0 bridgehead atoms. The first-order valence-electron chi connectivity index (χ1n) is 8.52. The lowest BCUT2D eigenvalue weighted by atomic mass is 10.1. The average molecular weight is 330 g/mol. The van der Waals surface area contributed by atoms with Crippen LogP contribution in [-0.2, 0) is 0 Å². The Morgan fingerprint density at radius 3 is 2.09 bits per heavy atom. The Bertz CT molecular complexity index is 588. The molecule has 0 atom stereocenters. The SMILES string of the molecule is Clc1ccc(-c2ccc(OCCCN3CCCCC3)cc2)cc1. The van der Waals surface area contributed by atoms with Crippen LogP contribution in [-0.4, -0.2) is 31.1 Å². The highest BCUT2D eigenvalue weighted by Gasteiger charge is 2.09. The van der Waals surface area contributed by atoms with Crippen LogP contribution in [0.3, 0.4) is 0 Å². The predicted octanol–water partition coefficient (Wildman–Crippen LogP) is 5.26. The van der Waals surface area contributed by atoms with E-state index in [1.807, 2.05) is 36.4 Å². The Hall–Kier alpha value is -1.51. The van der Waals surface area contributed by atoms with Crippen molar-refractivity contribution >= 4 is 11.6 Å². The van der Waals surface area contributed by atoms with Crippen LogP contribution in [0.5, 0.6) is 5.75 Å². The van der Waals surface area contributed by atoms with Crippen molar-refractivity contribution in [3.8, 4) is 16.9 Å². The van der Waals surface area contributed by atoms with Gasteiger partial charge in [0, 0.05) is 11.6 Å². The van der Waals surface area contributed by atoms with Gasteiger partial charge in [-0.3, -0.25) is 0 Å². The molecular formula is C20H24ClNO. The lowest BCUT2D eigenvalue weighted by Gasteiger charge is -2.26. The van der Waals surface area contributed by atoms with Gasteiger partial charge < -0.3 is 9.64 Å². The Balaban J connectivity index is 1.45. The smallest absolute Gasteiger partial charge is 0.119 e. The van der Waals surface area contributed by atoms with Gasteiger partial charge >= 0.3 is 0 Å².